The fourth-order valence-corrected chi connectivity index (χ4v) is 1.72. The molecule has 0 aliphatic rings. The maximum absolute atomic E-state index is 13.0. The van der Waals surface area contributed by atoms with Gasteiger partial charge in [-0.15, -0.1) is 0 Å². The van der Waals surface area contributed by atoms with Crippen LogP contribution in [0.25, 0.3) is 0 Å². The molecule has 0 aliphatic heterocycles. The molecule has 3 heteroatoms. The van der Waals surface area contributed by atoms with Gasteiger partial charge in [-0.1, -0.05) is 38.1 Å². The summed E-state index contributed by atoms with van der Waals surface area (Å²) in [6.45, 7) is 4.18. The van der Waals surface area contributed by atoms with Gasteiger partial charge in [0, 0.05) is 17.3 Å². The molecule has 0 saturated carbocycles. The Labute approximate surface area is 105 Å². The monoisotopic (exact) mass is 243 g/mol. The molecule has 1 aromatic heterocycles. The van der Waals surface area contributed by atoms with E-state index in [-0.39, 0.29) is 11.3 Å². The quantitative estimate of drug-likeness (QED) is 0.771. The average molecular weight is 243 g/mol. The molecule has 92 valence electrons. The van der Waals surface area contributed by atoms with Crippen LogP contribution in [0.5, 0.6) is 0 Å². The molecule has 0 atom stereocenters. The maximum atomic E-state index is 13.0. The summed E-state index contributed by atoms with van der Waals surface area (Å²) in [6.07, 6.45) is 2.46. The Bertz CT molecular complexity index is 561. The van der Waals surface area contributed by atoms with E-state index in [4.69, 9.17) is 0 Å². The van der Waals surface area contributed by atoms with Gasteiger partial charge in [-0.2, -0.15) is 0 Å². The molecule has 0 N–H and O–H groups in total. The highest BCUT2D eigenvalue weighted by molar-refractivity contribution is 6.08. The highest BCUT2D eigenvalue weighted by Crippen LogP contribution is 2.16. The topological polar surface area (TPSA) is 30.0 Å². The van der Waals surface area contributed by atoms with Gasteiger partial charge in [0.2, 0.25) is 0 Å². The molecule has 0 fully saturated rings. The van der Waals surface area contributed by atoms with E-state index < -0.39 is 5.82 Å². The second kappa shape index (κ2) is 5.08. The molecule has 0 unspecified atom stereocenters. The Morgan fingerprint density at radius 2 is 1.78 bits per heavy atom. The summed E-state index contributed by atoms with van der Waals surface area (Å²) >= 11 is 0. The standard InChI is InChI=1S/C15H14FNO/c1-10(2)11-3-5-12(6-4-11)15(18)13-7-14(16)9-17-8-13/h3-10H,1-2H3. The molecule has 0 saturated heterocycles. The minimum absolute atomic E-state index is 0.211. The minimum atomic E-state index is -0.500. The number of ketones is 1. The van der Waals surface area contributed by atoms with Crippen molar-refractivity contribution in [2.75, 3.05) is 0 Å². The molecule has 2 aromatic rings. The summed E-state index contributed by atoms with van der Waals surface area (Å²) in [4.78, 5) is 15.8. The second-order valence-electron chi connectivity index (χ2n) is 4.50. The van der Waals surface area contributed by atoms with Crippen molar-refractivity contribution in [2.45, 2.75) is 19.8 Å². The smallest absolute Gasteiger partial charge is 0.194 e. The molecular weight excluding hydrogens is 229 g/mol. The van der Waals surface area contributed by atoms with Crippen molar-refractivity contribution in [2.24, 2.45) is 0 Å². The average Bonchev–Trinajstić information content (AvgIpc) is 2.38. The number of hydrogen-bond donors (Lipinski definition) is 0. The SMILES string of the molecule is CC(C)c1ccc(C(=O)c2cncc(F)c2)cc1. The first-order valence-corrected chi connectivity index (χ1v) is 5.83. The van der Waals surface area contributed by atoms with E-state index in [1.807, 2.05) is 12.1 Å². The van der Waals surface area contributed by atoms with Crippen LogP contribution in [0, 0.1) is 5.82 Å². The Morgan fingerprint density at radius 1 is 1.11 bits per heavy atom. The molecule has 0 aliphatic carbocycles. The van der Waals surface area contributed by atoms with E-state index >= 15 is 0 Å². The number of carbonyl (C=O) groups excluding carboxylic acids is 1. The summed E-state index contributed by atoms with van der Waals surface area (Å²) < 4.78 is 13.0. The second-order valence-corrected chi connectivity index (χ2v) is 4.50. The Balaban J connectivity index is 2.29. The number of hydrogen-bond acceptors (Lipinski definition) is 2. The van der Waals surface area contributed by atoms with Crippen LogP contribution in [0.3, 0.4) is 0 Å². The van der Waals surface area contributed by atoms with E-state index in [2.05, 4.69) is 18.8 Å². The third-order valence-electron chi connectivity index (χ3n) is 2.81. The first kappa shape index (κ1) is 12.4. The summed E-state index contributed by atoms with van der Waals surface area (Å²) in [5.41, 5.74) is 1.99. The molecule has 2 nitrogen and oxygen atoms in total. The van der Waals surface area contributed by atoms with Crippen LogP contribution in [0.4, 0.5) is 4.39 Å². The Morgan fingerprint density at radius 3 is 2.33 bits per heavy atom. The van der Waals surface area contributed by atoms with E-state index in [1.165, 1.54) is 17.8 Å². The largest absolute Gasteiger partial charge is 0.289 e. The fraction of sp³-hybridized carbons (Fsp3) is 0.200. The zero-order valence-electron chi connectivity index (χ0n) is 10.4. The predicted octanol–water partition coefficient (Wildman–Crippen LogP) is 3.58. The molecule has 1 heterocycles. The Kier molecular flexibility index (Phi) is 3.51. The zero-order chi connectivity index (χ0) is 13.1. The van der Waals surface area contributed by atoms with Crippen LogP contribution < -0.4 is 0 Å². The van der Waals surface area contributed by atoms with Crippen LogP contribution in [-0.4, -0.2) is 10.8 Å². The lowest BCUT2D eigenvalue weighted by atomic mass is 9.99. The third kappa shape index (κ3) is 2.62. The number of rotatable bonds is 3. The minimum Gasteiger partial charge on any atom is -0.289 e. The van der Waals surface area contributed by atoms with Gasteiger partial charge in [-0.05, 0) is 17.5 Å². The van der Waals surface area contributed by atoms with Crippen molar-refractivity contribution in [3.63, 3.8) is 0 Å². The first-order valence-electron chi connectivity index (χ1n) is 5.83. The predicted molar refractivity (Wildman–Crippen MR) is 68.2 cm³/mol. The molecule has 0 amide bonds. The maximum Gasteiger partial charge on any atom is 0.194 e. The van der Waals surface area contributed by atoms with Gasteiger partial charge in [0.15, 0.2) is 5.78 Å². The lowest BCUT2D eigenvalue weighted by Crippen LogP contribution is -2.02. The molecule has 1 aromatic carbocycles. The molecular formula is C15H14FNO. The summed E-state index contributed by atoms with van der Waals surface area (Å²) in [5.74, 6) is -0.290. The summed E-state index contributed by atoms with van der Waals surface area (Å²) in [6, 6.07) is 8.58. The van der Waals surface area contributed by atoms with E-state index in [1.54, 1.807) is 12.1 Å². The number of carbonyl (C=O) groups is 1. The molecule has 2 rings (SSSR count). The zero-order valence-corrected chi connectivity index (χ0v) is 10.4. The lowest BCUT2D eigenvalue weighted by Gasteiger charge is -2.06. The first-order chi connectivity index (χ1) is 8.58. The van der Waals surface area contributed by atoms with E-state index in [9.17, 15) is 9.18 Å². The van der Waals surface area contributed by atoms with Crippen molar-refractivity contribution in [1.82, 2.24) is 4.98 Å². The van der Waals surface area contributed by atoms with Crippen molar-refractivity contribution < 1.29 is 9.18 Å². The van der Waals surface area contributed by atoms with E-state index in [0.29, 0.717) is 11.5 Å². The van der Waals surface area contributed by atoms with Gasteiger partial charge < -0.3 is 0 Å². The van der Waals surface area contributed by atoms with Gasteiger partial charge in [-0.3, -0.25) is 9.78 Å². The van der Waals surface area contributed by atoms with Crippen molar-refractivity contribution in [3.8, 4) is 0 Å². The molecule has 0 spiro atoms. The fourth-order valence-electron chi connectivity index (χ4n) is 1.72. The van der Waals surface area contributed by atoms with Gasteiger partial charge in [0.1, 0.15) is 5.82 Å². The highest BCUT2D eigenvalue weighted by Gasteiger charge is 2.10. The van der Waals surface area contributed by atoms with Gasteiger partial charge in [0.05, 0.1) is 6.20 Å². The van der Waals surface area contributed by atoms with Crippen LogP contribution in [0.2, 0.25) is 0 Å². The summed E-state index contributed by atoms with van der Waals surface area (Å²) in [7, 11) is 0. The van der Waals surface area contributed by atoms with Gasteiger partial charge >= 0.3 is 0 Å². The summed E-state index contributed by atoms with van der Waals surface area (Å²) in [5, 5.41) is 0. The number of nitrogens with zero attached hydrogens (tertiary/aromatic N) is 1. The normalized spacial score (nSPS) is 10.7. The Hall–Kier alpha value is -2.03. The van der Waals surface area contributed by atoms with Crippen LogP contribution in [0.15, 0.2) is 42.7 Å². The lowest BCUT2D eigenvalue weighted by molar-refractivity contribution is 0.103. The van der Waals surface area contributed by atoms with Crippen LogP contribution >= 0.6 is 0 Å². The number of pyridine rings is 1. The molecule has 18 heavy (non-hydrogen) atoms. The van der Waals surface area contributed by atoms with Crippen molar-refractivity contribution in [1.29, 1.82) is 0 Å². The van der Waals surface area contributed by atoms with Crippen molar-refractivity contribution in [3.05, 3.63) is 65.2 Å². The van der Waals surface area contributed by atoms with Crippen LogP contribution in [-0.2, 0) is 0 Å². The van der Waals surface area contributed by atoms with Crippen LogP contribution in [0.1, 0.15) is 41.3 Å². The van der Waals surface area contributed by atoms with Gasteiger partial charge in [-0.25, -0.2) is 4.39 Å². The number of benzene rings is 1. The van der Waals surface area contributed by atoms with Crippen molar-refractivity contribution >= 4 is 5.78 Å². The number of halogens is 1. The van der Waals surface area contributed by atoms with Gasteiger partial charge in [0.25, 0.3) is 0 Å². The molecule has 0 bridgehead atoms. The third-order valence-corrected chi connectivity index (χ3v) is 2.81. The van der Waals surface area contributed by atoms with E-state index in [0.717, 1.165) is 6.20 Å². The molecule has 0 radical (unpaired) electrons. The highest BCUT2D eigenvalue weighted by atomic mass is 19.1. The number of aromatic nitrogens is 1.